The number of rotatable bonds is 2. The van der Waals surface area contributed by atoms with Gasteiger partial charge in [-0.2, -0.15) is 10.4 Å². The Morgan fingerprint density at radius 2 is 1.95 bits per heavy atom. The summed E-state index contributed by atoms with van der Waals surface area (Å²) in [6.07, 6.45) is 0. The summed E-state index contributed by atoms with van der Waals surface area (Å²) >= 11 is 0. The van der Waals surface area contributed by atoms with E-state index in [-0.39, 0.29) is 11.7 Å². The number of phenolic OH excluding ortho intramolecular Hbond substituents is 1. The number of fused-ring (bicyclic) bond motifs is 1. The molecule has 0 bridgehead atoms. The molecule has 3 rings (SSSR count). The average molecular weight is 293 g/mol. The number of nitrogens with one attached hydrogen (secondary N) is 1. The molecule has 0 saturated heterocycles. The molecule has 2 heterocycles. The van der Waals surface area contributed by atoms with Gasteiger partial charge in [0, 0.05) is 5.56 Å². The van der Waals surface area contributed by atoms with Crippen molar-refractivity contribution in [2.45, 2.75) is 19.8 Å². The number of H-pyrrole nitrogens is 1. The van der Waals surface area contributed by atoms with Gasteiger partial charge in [-0.1, -0.05) is 13.8 Å². The van der Waals surface area contributed by atoms with E-state index in [1.54, 1.807) is 24.3 Å². The van der Waals surface area contributed by atoms with E-state index in [9.17, 15) is 10.4 Å². The summed E-state index contributed by atoms with van der Waals surface area (Å²) in [4.78, 5) is 4.48. The molecule has 2 aromatic heterocycles. The molecule has 0 aliphatic rings. The van der Waals surface area contributed by atoms with E-state index < -0.39 is 0 Å². The first-order chi connectivity index (χ1) is 10.5. The van der Waals surface area contributed by atoms with Crippen molar-refractivity contribution in [3.8, 4) is 23.1 Å². The predicted molar refractivity (Wildman–Crippen MR) is 84.2 cm³/mol. The third kappa shape index (κ3) is 2.04. The Kier molecular flexibility index (Phi) is 3.18. The third-order valence-corrected chi connectivity index (χ3v) is 3.60. The van der Waals surface area contributed by atoms with Gasteiger partial charge in [-0.15, -0.1) is 0 Å². The van der Waals surface area contributed by atoms with Crippen molar-refractivity contribution in [1.82, 2.24) is 15.2 Å². The minimum Gasteiger partial charge on any atom is -0.508 e. The highest BCUT2D eigenvalue weighted by Crippen LogP contribution is 2.35. The maximum absolute atomic E-state index is 9.64. The van der Waals surface area contributed by atoms with Gasteiger partial charge >= 0.3 is 0 Å². The molecule has 3 aromatic rings. The second-order valence-electron chi connectivity index (χ2n) is 5.40. The number of nitrogen functional groups attached to an aromatic ring is 1. The zero-order chi connectivity index (χ0) is 15.9. The SMILES string of the molecule is CC(C)c1c(C#N)c(-c2ccc(O)cc2)nc2n[nH]c(N)c12. The topological polar surface area (TPSA) is 112 Å². The summed E-state index contributed by atoms with van der Waals surface area (Å²) in [5.41, 5.74) is 9.05. The molecule has 0 amide bonds. The van der Waals surface area contributed by atoms with Gasteiger partial charge in [0.1, 0.15) is 17.6 Å². The van der Waals surface area contributed by atoms with Gasteiger partial charge in [0.05, 0.1) is 16.6 Å². The van der Waals surface area contributed by atoms with Crippen LogP contribution in [0.2, 0.25) is 0 Å². The molecule has 0 spiro atoms. The Morgan fingerprint density at radius 1 is 1.27 bits per heavy atom. The molecule has 4 N–H and O–H groups in total. The zero-order valence-corrected chi connectivity index (χ0v) is 12.3. The summed E-state index contributed by atoms with van der Waals surface area (Å²) in [7, 11) is 0. The van der Waals surface area contributed by atoms with E-state index in [1.165, 1.54) is 0 Å². The van der Waals surface area contributed by atoms with Crippen LogP contribution in [0.1, 0.15) is 30.9 Å². The number of aromatic hydroxyl groups is 1. The Bertz CT molecular complexity index is 888. The minimum atomic E-state index is 0.0934. The second kappa shape index (κ2) is 5.04. The standard InChI is InChI=1S/C16H15N5O/c1-8(2)12-11(7-17)14(9-3-5-10(22)6-4-9)19-16-13(12)15(18)20-21-16/h3-6,8,22H,1-2H3,(H3,18,19,20,21). The molecule has 0 saturated carbocycles. The first kappa shape index (κ1) is 13.9. The number of benzene rings is 1. The summed E-state index contributed by atoms with van der Waals surface area (Å²) < 4.78 is 0. The van der Waals surface area contributed by atoms with Gasteiger partial charge in [0.25, 0.3) is 0 Å². The fraction of sp³-hybridized carbons (Fsp3) is 0.188. The molecule has 6 nitrogen and oxygen atoms in total. The van der Waals surface area contributed by atoms with Crippen LogP contribution < -0.4 is 5.73 Å². The number of nitriles is 1. The zero-order valence-electron chi connectivity index (χ0n) is 12.3. The van der Waals surface area contributed by atoms with Crippen molar-refractivity contribution >= 4 is 16.9 Å². The monoisotopic (exact) mass is 293 g/mol. The summed E-state index contributed by atoms with van der Waals surface area (Å²) in [5, 5.41) is 26.6. The highest BCUT2D eigenvalue weighted by molar-refractivity contribution is 5.94. The smallest absolute Gasteiger partial charge is 0.184 e. The lowest BCUT2D eigenvalue weighted by Crippen LogP contribution is -2.01. The molecular weight excluding hydrogens is 278 g/mol. The fourth-order valence-electron chi connectivity index (χ4n) is 2.62. The van der Waals surface area contributed by atoms with Gasteiger partial charge in [0.2, 0.25) is 0 Å². The number of phenols is 1. The number of hydrogen-bond acceptors (Lipinski definition) is 5. The van der Waals surface area contributed by atoms with E-state index in [0.29, 0.717) is 28.1 Å². The summed E-state index contributed by atoms with van der Waals surface area (Å²) in [5.74, 6) is 0.673. The van der Waals surface area contributed by atoms with E-state index in [2.05, 4.69) is 21.3 Å². The maximum Gasteiger partial charge on any atom is 0.184 e. The lowest BCUT2D eigenvalue weighted by atomic mass is 9.92. The number of pyridine rings is 1. The first-order valence-corrected chi connectivity index (χ1v) is 6.90. The number of anilines is 1. The molecule has 0 radical (unpaired) electrons. The fourth-order valence-corrected chi connectivity index (χ4v) is 2.62. The third-order valence-electron chi connectivity index (χ3n) is 3.60. The molecule has 0 atom stereocenters. The molecule has 110 valence electrons. The van der Waals surface area contributed by atoms with E-state index in [1.807, 2.05) is 13.8 Å². The molecular formula is C16H15N5O. The summed E-state index contributed by atoms with van der Waals surface area (Å²) in [6.45, 7) is 4.01. The number of aromatic amines is 1. The summed E-state index contributed by atoms with van der Waals surface area (Å²) in [6, 6.07) is 8.83. The number of nitrogens with zero attached hydrogens (tertiary/aromatic N) is 3. The normalized spacial score (nSPS) is 11.0. The van der Waals surface area contributed by atoms with E-state index in [0.717, 1.165) is 11.1 Å². The van der Waals surface area contributed by atoms with Gasteiger partial charge in [-0.05, 0) is 35.7 Å². The molecule has 6 heteroatoms. The largest absolute Gasteiger partial charge is 0.508 e. The Balaban J connectivity index is 2.41. The van der Waals surface area contributed by atoms with Crippen LogP contribution in [0, 0.1) is 11.3 Å². The van der Waals surface area contributed by atoms with Crippen LogP contribution in [0.3, 0.4) is 0 Å². The highest BCUT2D eigenvalue weighted by atomic mass is 16.3. The van der Waals surface area contributed by atoms with E-state index >= 15 is 0 Å². The van der Waals surface area contributed by atoms with Crippen LogP contribution in [0.4, 0.5) is 5.82 Å². The van der Waals surface area contributed by atoms with Crippen molar-refractivity contribution in [2.75, 3.05) is 5.73 Å². The van der Waals surface area contributed by atoms with Crippen LogP contribution in [0.15, 0.2) is 24.3 Å². The second-order valence-corrected chi connectivity index (χ2v) is 5.40. The van der Waals surface area contributed by atoms with Gasteiger partial charge in [-0.25, -0.2) is 4.98 Å². The van der Waals surface area contributed by atoms with E-state index in [4.69, 9.17) is 5.73 Å². The Morgan fingerprint density at radius 3 is 2.55 bits per heavy atom. The predicted octanol–water partition coefficient (Wildman–Crippen LogP) is 2.91. The molecule has 22 heavy (non-hydrogen) atoms. The molecule has 0 aliphatic heterocycles. The van der Waals surface area contributed by atoms with Gasteiger partial charge in [0.15, 0.2) is 5.65 Å². The molecule has 0 aliphatic carbocycles. The van der Waals surface area contributed by atoms with Crippen LogP contribution in [-0.4, -0.2) is 20.3 Å². The highest BCUT2D eigenvalue weighted by Gasteiger charge is 2.21. The maximum atomic E-state index is 9.64. The first-order valence-electron chi connectivity index (χ1n) is 6.90. The van der Waals surface area contributed by atoms with Crippen molar-refractivity contribution in [1.29, 1.82) is 5.26 Å². The number of aromatic nitrogens is 3. The number of hydrogen-bond donors (Lipinski definition) is 3. The quantitative estimate of drug-likeness (QED) is 0.672. The Hall–Kier alpha value is -3.07. The van der Waals surface area contributed by atoms with Crippen LogP contribution >= 0.6 is 0 Å². The minimum absolute atomic E-state index is 0.0934. The van der Waals surface area contributed by atoms with Gasteiger partial charge < -0.3 is 10.8 Å². The lowest BCUT2D eigenvalue weighted by Gasteiger charge is -2.13. The average Bonchev–Trinajstić information content (AvgIpc) is 2.87. The van der Waals surface area contributed by atoms with Gasteiger partial charge in [-0.3, -0.25) is 5.10 Å². The van der Waals surface area contributed by atoms with Crippen LogP contribution in [-0.2, 0) is 0 Å². The molecule has 1 aromatic carbocycles. The van der Waals surface area contributed by atoms with Crippen LogP contribution in [0.5, 0.6) is 5.75 Å². The van der Waals surface area contributed by atoms with Crippen molar-refractivity contribution in [3.05, 3.63) is 35.4 Å². The van der Waals surface area contributed by atoms with Crippen molar-refractivity contribution < 1.29 is 5.11 Å². The molecule has 0 unspecified atom stereocenters. The lowest BCUT2D eigenvalue weighted by molar-refractivity contribution is 0.475. The van der Waals surface area contributed by atoms with Crippen molar-refractivity contribution in [3.63, 3.8) is 0 Å². The van der Waals surface area contributed by atoms with Crippen molar-refractivity contribution in [2.24, 2.45) is 0 Å². The Labute approximate surface area is 127 Å². The van der Waals surface area contributed by atoms with Crippen LogP contribution in [0.25, 0.3) is 22.3 Å². The molecule has 0 fully saturated rings. The number of nitrogens with two attached hydrogens (primary N) is 1.